The molecule has 0 aliphatic heterocycles. The van der Waals surface area contributed by atoms with Crippen LogP contribution >= 0.6 is 0 Å². The van der Waals surface area contributed by atoms with Crippen LogP contribution < -0.4 is 0 Å². The molecule has 0 amide bonds. The van der Waals surface area contributed by atoms with E-state index in [0.717, 1.165) is 25.7 Å². The number of ether oxygens (including phenoxy) is 1. The molecule has 1 aliphatic rings. The van der Waals surface area contributed by atoms with Crippen LogP contribution in [0.1, 0.15) is 49.0 Å². The molecule has 1 heterocycles. The second-order valence-electron chi connectivity index (χ2n) is 4.68. The first-order valence-electron chi connectivity index (χ1n) is 6.14. The molecule has 5 heteroatoms. The van der Waals surface area contributed by atoms with Gasteiger partial charge >= 0.3 is 0 Å². The average molecular weight is 237 g/mol. The van der Waals surface area contributed by atoms with Gasteiger partial charge in [-0.15, -0.1) is 5.10 Å². The molecule has 94 valence electrons. The Morgan fingerprint density at radius 2 is 2.00 bits per heavy atom. The number of aryl methyl sites for hydroxylation is 1. The first kappa shape index (κ1) is 12.2. The molecule has 1 saturated carbocycles. The molecular formula is C12H19N3O2. The standard InChI is InChI=1S/C12H19N3O2/c1-15-10(9-13-14-15)11(16)12(17-2)7-5-3-4-6-8-12/h9H,3-8H2,1-2H3. The molecule has 0 saturated heterocycles. The van der Waals surface area contributed by atoms with E-state index in [-0.39, 0.29) is 5.78 Å². The van der Waals surface area contributed by atoms with Crippen molar-refractivity contribution in [3.8, 4) is 0 Å². The topological polar surface area (TPSA) is 57.0 Å². The van der Waals surface area contributed by atoms with Gasteiger partial charge in [0, 0.05) is 14.2 Å². The normalized spacial score (nSPS) is 19.9. The van der Waals surface area contributed by atoms with Gasteiger partial charge in [-0.05, 0) is 12.8 Å². The Labute approximate surface area is 101 Å². The smallest absolute Gasteiger partial charge is 0.214 e. The third-order valence-electron chi connectivity index (χ3n) is 3.66. The Kier molecular flexibility index (Phi) is 3.57. The number of rotatable bonds is 3. The number of hydrogen-bond donors (Lipinski definition) is 0. The largest absolute Gasteiger partial charge is 0.370 e. The van der Waals surface area contributed by atoms with E-state index < -0.39 is 5.60 Å². The zero-order valence-electron chi connectivity index (χ0n) is 10.5. The van der Waals surface area contributed by atoms with Crippen LogP contribution in [0.3, 0.4) is 0 Å². The minimum Gasteiger partial charge on any atom is -0.370 e. The summed E-state index contributed by atoms with van der Waals surface area (Å²) in [6.07, 6.45) is 7.58. The van der Waals surface area contributed by atoms with E-state index in [4.69, 9.17) is 4.74 Å². The highest BCUT2D eigenvalue weighted by molar-refractivity contribution is 6.00. The molecule has 17 heavy (non-hydrogen) atoms. The maximum absolute atomic E-state index is 12.6. The number of ketones is 1. The lowest BCUT2D eigenvalue weighted by molar-refractivity contribution is -0.00765. The fourth-order valence-corrected chi connectivity index (χ4v) is 2.55. The minimum atomic E-state index is -0.661. The van der Waals surface area contributed by atoms with Gasteiger partial charge in [-0.2, -0.15) is 0 Å². The summed E-state index contributed by atoms with van der Waals surface area (Å²) >= 11 is 0. The number of hydrogen-bond acceptors (Lipinski definition) is 4. The van der Waals surface area contributed by atoms with Crippen LogP contribution in [-0.2, 0) is 11.8 Å². The van der Waals surface area contributed by atoms with Gasteiger partial charge < -0.3 is 4.74 Å². The molecule has 1 aromatic rings. The van der Waals surface area contributed by atoms with E-state index in [1.165, 1.54) is 23.7 Å². The number of carbonyl (C=O) groups is 1. The molecule has 0 bridgehead atoms. The Morgan fingerprint density at radius 3 is 2.47 bits per heavy atom. The maximum Gasteiger partial charge on any atom is 0.214 e. The van der Waals surface area contributed by atoms with Crippen LogP contribution in [0.2, 0.25) is 0 Å². The molecule has 1 aromatic heterocycles. The summed E-state index contributed by atoms with van der Waals surface area (Å²) in [6, 6.07) is 0. The van der Waals surface area contributed by atoms with Crippen LogP contribution in [0.4, 0.5) is 0 Å². The lowest BCUT2D eigenvalue weighted by atomic mass is 9.88. The molecule has 0 atom stereocenters. The monoisotopic (exact) mass is 237 g/mol. The van der Waals surface area contributed by atoms with E-state index in [2.05, 4.69) is 10.3 Å². The van der Waals surface area contributed by atoms with Crippen molar-refractivity contribution in [1.29, 1.82) is 0 Å². The molecule has 2 rings (SSSR count). The first-order chi connectivity index (χ1) is 8.19. The fourth-order valence-electron chi connectivity index (χ4n) is 2.55. The summed E-state index contributed by atoms with van der Waals surface area (Å²) in [6.45, 7) is 0. The Bertz CT molecular complexity index is 392. The number of nitrogens with zero attached hydrogens (tertiary/aromatic N) is 3. The Hall–Kier alpha value is -1.23. The van der Waals surface area contributed by atoms with Crippen molar-refractivity contribution in [2.75, 3.05) is 7.11 Å². The van der Waals surface area contributed by atoms with Crippen LogP contribution in [0.5, 0.6) is 0 Å². The number of aromatic nitrogens is 3. The van der Waals surface area contributed by atoms with E-state index >= 15 is 0 Å². The van der Waals surface area contributed by atoms with Crippen molar-refractivity contribution < 1.29 is 9.53 Å². The lowest BCUT2D eigenvalue weighted by Gasteiger charge is -2.29. The van der Waals surface area contributed by atoms with Crippen molar-refractivity contribution >= 4 is 5.78 Å². The number of methoxy groups -OCH3 is 1. The van der Waals surface area contributed by atoms with Crippen LogP contribution in [0, 0.1) is 0 Å². The zero-order valence-corrected chi connectivity index (χ0v) is 10.5. The van der Waals surface area contributed by atoms with E-state index in [1.54, 1.807) is 14.2 Å². The van der Waals surface area contributed by atoms with Gasteiger partial charge in [0.05, 0.1) is 6.20 Å². The minimum absolute atomic E-state index is 0.0226. The molecule has 0 N–H and O–H groups in total. The molecule has 0 spiro atoms. The zero-order chi connectivity index (χ0) is 12.3. The Balaban J connectivity index is 2.28. The predicted octanol–water partition coefficient (Wildman–Crippen LogP) is 1.74. The molecule has 0 aromatic carbocycles. The fraction of sp³-hybridized carbons (Fsp3) is 0.750. The van der Waals surface area contributed by atoms with Crippen molar-refractivity contribution in [2.24, 2.45) is 7.05 Å². The average Bonchev–Trinajstić information content (AvgIpc) is 2.64. The number of carbonyl (C=O) groups excluding carboxylic acids is 1. The quantitative estimate of drug-likeness (QED) is 0.593. The SMILES string of the molecule is COC1(C(=O)c2cnnn2C)CCCCCC1. The van der Waals surface area contributed by atoms with Crippen molar-refractivity contribution in [2.45, 2.75) is 44.1 Å². The second kappa shape index (κ2) is 4.96. The van der Waals surface area contributed by atoms with Crippen LogP contribution in [-0.4, -0.2) is 33.5 Å². The van der Waals surface area contributed by atoms with Crippen LogP contribution in [0.15, 0.2) is 6.20 Å². The van der Waals surface area contributed by atoms with E-state index in [0.29, 0.717) is 5.69 Å². The summed E-state index contributed by atoms with van der Waals surface area (Å²) in [5.41, 5.74) is -0.125. The molecule has 1 aliphatic carbocycles. The lowest BCUT2D eigenvalue weighted by Crippen LogP contribution is -2.41. The van der Waals surface area contributed by atoms with Gasteiger partial charge in [-0.25, -0.2) is 4.68 Å². The third kappa shape index (κ3) is 2.24. The highest BCUT2D eigenvalue weighted by Crippen LogP contribution is 2.32. The highest BCUT2D eigenvalue weighted by atomic mass is 16.5. The predicted molar refractivity (Wildman–Crippen MR) is 62.8 cm³/mol. The summed E-state index contributed by atoms with van der Waals surface area (Å²) in [5, 5.41) is 7.57. The number of Topliss-reactive ketones (excluding diaryl/α,β-unsaturated/α-hetero) is 1. The molecule has 0 radical (unpaired) electrons. The maximum atomic E-state index is 12.6. The van der Waals surface area contributed by atoms with Crippen molar-refractivity contribution in [1.82, 2.24) is 15.0 Å². The van der Waals surface area contributed by atoms with Crippen molar-refractivity contribution in [3.63, 3.8) is 0 Å². The molecule has 0 unspecified atom stereocenters. The van der Waals surface area contributed by atoms with Gasteiger partial charge in [0.15, 0.2) is 0 Å². The highest BCUT2D eigenvalue weighted by Gasteiger charge is 2.40. The second-order valence-corrected chi connectivity index (χ2v) is 4.68. The van der Waals surface area contributed by atoms with E-state index in [1.807, 2.05) is 0 Å². The summed E-state index contributed by atoms with van der Waals surface area (Å²) in [4.78, 5) is 12.6. The van der Waals surface area contributed by atoms with Crippen LogP contribution in [0.25, 0.3) is 0 Å². The van der Waals surface area contributed by atoms with Gasteiger partial charge in [0.1, 0.15) is 11.3 Å². The summed E-state index contributed by atoms with van der Waals surface area (Å²) < 4.78 is 7.10. The van der Waals surface area contributed by atoms with Gasteiger partial charge in [0.25, 0.3) is 0 Å². The molecule has 5 nitrogen and oxygen atoms in total. The van der Waals surface area contributed by atoms with E-state index in [9.17, 15) is 4.79 Å². The van der Waals surface area contributed by atoms with Gasteiger partial charge in [0.2, 0.25) is 5.78 Å². The van der Waals surface area contributed by atoms with Crippen molar-refractivity contribution in [3.05, 3.63) is 11.9 Å². The third-order valence-corrected chi connectivity index (χ3v) is 3.66. The summed E-state index contributed by atoms with van der Waals surface area (Å²) in [7, 11) is 3.37. The summed E-state index contributed by atoms with van der Waals surface area (Å²) in [5.74, 6) is 0.0226. The Morgan fingerprint density at radius 1 is 1.35 bits per heavy atom. The first-order valence-corrected chi connectivity index (χ1v) is 6.14. The molecular weight excluding hydrogens is 218 g/mol. The molecule has 1 fully saturated rings. The van der Waals surface area contributed by atoms with Gasteiger partial charge in [-0.3, -0.25) is 4.79 Å². The van der Waals surface area contributed by atoms with Gasteiger partial charge in [-0.1, -0.05) is 30.9 Å².